The highest BCUT2D eigenvalue weighted by molar-refractivity contribution is 6.06. The van der Waals surface area contributed by atoms with Crippen LogP contribution in [0.4, 0.5) is 4.39 Å². The third-order valence-electron chi connectivity index (χ3n) is 6.85. The Morgan fingerprint density at radius 1 is 1.11 bits per heavy atom. The van der Waals surface area contributed by atoms with Gasteiger partial charge in [0.2, 0.25) is 0 Å². The number of carbonyl (C=O) groups is 1. The predicted molar refractivity (Wildman–Crippen MR) is 143 cm³/mol. The van der Waals surface area contributed by atoms with Gasteiger partial charge in [-0.1, -0.05) is 12.1 Å². The molecule has 0 saturated carbocycles. The number of halogens is 2. The second-order valence-electron chi connectivity index (χ2n) is 9.09. The number of amides is 1. The van der Waals surface area contributed by atoms with Crippen LogP contribution in [0.15, 0.2) is 47.3 Å². The molecule has 0 aliphatic carbocycles. The molecular formula is C27H34ClFN4O3. The van der Waals surface area contributed by atoms with Crippen LogP contribution >= 0.6 is 12.4 Å². The van der Waals surface area contributed by atoms with E-state index in [4.69, 9.17) is 4.74 Å². The van der Waals surface area contributed by atoms with Gasteiger partial charge >= 0.3 is 0 Å². The number of benzene rings is 2. The molecule has 0 spiro atoms. The van der Waals surface area contributed by atoms with Crippen molar-refractivity contribution in [3.8, 4) is 5.75 Å². The average molecular weight is 517 g/mol. The van der Waals surface area contributed by atoms with Crippen LogP contribution in [-0.4, -0.2) is 55.2 Å². The lowest BCUT2D eigenvalue weighted by Crippen LogP contribution is -2.43. The van der Waals surface area contributed by atoms with Crippen molar-refractivity contribution in [2.45, 2.75) is 38.9 Å². The van der Waals surface area contributed by atoms with E-state index in [0.29, 0.717) is 41.5 Å². The summed E-state index contributed by atoms with van der Waals surface area (Å²) in [5, 5.41) is 6.88. The number of rotatable bonds is 8. The third kappa shape index (κ3) is 6.24. The molecule has 1 amide bonds. The van der Waals surface area contributed by atoms with E-state index in [-0.39, 0.29) is 29.7 Å². The van der Waals surface area contributed by atoms with Gasteiger partial charge in [-0.05, 0) is 62.2 Å². The highest BCUT2D eigenvalue weighted by Crippen LogP contribution is 2.23. The second kappa shape index (κ2) is 12.3. The Kier molecular flexibility index (Phi) is 9.48. The number of likely N-dealkylation sites (tertiary alicyclic amines) is 1. The van der Waals surface area contributed by atoms with E-state index in [1.807, 2.05) is 24.3 Å². The van der Waals surface area contributed by atoms with Crippen molar-refractivity contribution in [3.05, 3.63) is 75.3 Å². The second-order valence-corrected chi connectivity index (χ2v) is 9.09. The van der Waals surface area contributed by atoms with E-state index in [1.54, 1.807) is 37.8 Å². The molecule has 2 N–H and O–H groups in total. The summed E-state index contributed by atoms with van der Waals surface area (Å²) in [7, 11) is 3.14. The first-order valence-corrected chi connectivity index (χ1v) is 12.0. The number of aromatic nitrogens is 1. The van der Waals surface area contributed by atoms with Crippen molar-refractivity contribution in [1.29, 1.82) is 0 Å². The van der Waals surface area contributed by atoms with Crippen LogP contribution in [0.1, 0.15) is 34.3 Å². The molecule has 1 saturated heterocycles. The van der Waals surface area contributed by atoms with Crippen molar-refractivity contribution in [3.63, 3.8) is 0 Å². The molecule has 1 aliphatic heterocycles. The minimum Gasteiger partial charge on any atom is -0.497 e. The first kappa shape index (κ1) is 27.6. The van der Waals surface area contributed by atoms with E-state index in [0.717, 1.165) is 43.4 Å². The normalized spacial score (nSPS) is 14.4. The summed E-state index contributed by atoms with van der Waals surface area (Å²) in [6.07, 6.45) is 1.99. The van der Waals surface area contributed by atoms with Crippen LogP contribution in [0.5, 0.6) is 5.75 Å². The van der Waals surface area contributed by atoms with Crippen LogP contribution in [0.3, 0.4) is 0 Å². The maximum atomic E-state index is 13.8. The number of piperidine rings is 1. The van der Waals surface area contributed by atoms with Gasteiger partial charge in [0.15, 0.2) is 0 Å². The number of methoxy groups -OCH3 is 1. The average Bonchev–Trinajstić information content (AvgIpc) is 2.88. The molecule has 3 aromatic rings. The summed E-state index contributed by atoms with van der Waals surface area (Å²) in [4.78, 5) is 27.6. The number of nitrogens with zero attached hydrogens (tertiary/aromatic N) is 2. The number of carbonyl (C=O) groups excluding carboxylic acids is 1. The minimum atomic E-state index is -0.285. The van der Waals surface area contributed by atoms with Gasteiger partial charge in [-0.15, -0.1) is 12.4 Å². The number of aryl methyl sites for hydroxylation is 1. The highest BCUT2D eigenvalue weighted by Gasteiger charge is 2.20. The number of fused-ring (bicyclic) bond motifs is 1. The van der Waals surface area contributed by atoms with Crippen molar-refractivity contribution < 1.29 is 13.9 Å². The number of hydrogen-bond donors (Lipinski definition) is 2. The van der Waals surface area contributed by atoms with Gasteiger partial charge in [0.05, 0.1) is 18.2 Å². The summed E-state index contributed by atoms with van der Waals surface area (Å²) < 4.78 is 20.9. The molecule has 4 rings (SSSR count). The zero-order chi connectivity index (χ0) is 24.9. The van der Waals surface area contributed by atoms with Gasteiger partial charge in [0, 0.05) is 50.2 Å². The van der Waals surface area contributed by atoms with Gasteiger partial charge in [0.25, 0.3) is 11.5 Å². The Morgan fingerprint density at radius 2 is 1.86 bits per heavy atom. The van der Waals surface area contributed by atoms with Crippen molar-refractivity contribution >= 4 is 29.2 Å². The molecule has 0 radical (unpaired) electrons. The Morgan fingerprint density at radius 3 is 2.53 bits per heavy atom. The quantitative estimate of drug-likeness (QED) is 0.479. The molecule has 0 atom stereocenters. The molecule has 2 heterocycles. The fourth-order valence-corrected chi connectivity index (χ4v) is 4.65. The van der Waals surface area contributed by atoms with Crippen LogP contribution in [0.2, 0.25) is 0 Å². The molecule has 36 heavy (non-hydrogen) atoms. The Balaban J connectivity index is 0.00000361. The largest absolute Gasteiger partial charge is 0.497 e. The lowest BCUT2D eigenvalue weighted by molar-refractivity contribution is 0.0964. The van der Waals surface area contributed by atoms with Gasteiger partial charge in [0.1, 0.15) is 11.6 Å². The van der Waals surface area contributed by atoms with Crippen LogP contribution in [-0.2, 0) is 13.1 Å². The van der Waals surface area contributed by atoms with Crippen molar-refractivity contribution in [2.24, 2.45) is 0 Å². The molecular weight excluding hydrogens is 483 g/mol. The number of pyridine rings is 1. The first-order valence-electron chi connectivity index (χ1n) is 12.0. The molecule has 7 nitrogen and oxygen atoms in total. The summed E-state index contributed by atoms with van der Waals surface area (Å²) >= 11 is 0. The lowest BCUT2D eigenvalue weighted by atomic mass is 10.0. The van der Waals surface area contributed by atoms with Gasteiger partial charge in [-0.3, -0.25) is 9.59 Å². The third-order valence-corrected chi connectivity index (χ3v) is 6.85. The predicted octanol–water partition coefficient (Wildman–Crippen LogP) is 3.49. The molecule has 1 fully saturated rings. The lowest BCUT2D eigenvalue weighted by Gasteiger charge is -2.32. The fraction of sp³-hybridized carbons (Fsp3) is 0.407. The Hall–Kier alpha value is -2.94. The summed E-state index contributed by atoms with van der Waals surface area (Å²) in [6, 6.07) is 12.6. The van der Waals surface area contributed by atoms with E-state index in [1.165, 1.54) is 6.07 Å². The molecule has 0 unspecified atom stereocenters. The van der Waals surface area contributed by atoms with Gasteiger partial charge in [-0.25, -0.2) is 4.39 Å². The van der Waals surface area contributed by atoms with Crippen molar-refractivity contribution in [1.82, 2.24) is 20.1 Å². The first-order chi connectivity index (χ1) is 16.9. The standard InChI is InChI=1S/C27H33FN4O3.ClH/c1-18-4-5-19(14-24(18)28)17-30-20-8-10-31(11-9-20)12-13-32-25-15-21(35-3)6-7-22(25)23(16-26(32)33)27(34)29-2;/h4-7,14-16,20,30H,8-13,17H2,1-3H3,(H,29,34);1H. The Bertz CT molecular complexity index is 1270. The van der Waals surface area contributed by atoms with Crippen LogP contribution in [0.25, 0.3) is 10.9 Å². The van der Waals surface area contributed by atoms with E-state index in [9.17, 15) is 14.0 Å². The summed E-state index contributed by atoms with van der Waals surface area (Å²) in [6.45, 7) is 5.53. The molecule has 2 aromatic carbocycles. The maximum absolute atomic E-state index is 13.8. The zero-order valence-electron chi connectivity index (χ0n) is 21.0. The molecule has 9 heteroatoms. The van der Waals surface area contributed by atoms with E-state index >= 15 is 0 Å². The number of ether oxygens (including phenoxy) is 1. The summed E-state index contributed by atoms with van der Waals surface area (Å²) in [5.74, 6) is 0.190. The maximum Gasteiger partial charge on any atom is 0.251 e. The molecule has 0 bridgehead atoms. The smallest absolute Gasteiger partial charge is 0.251 e. The van der Waals surface area contributed by atoms with Crippen molar-refractivity contribution in [2.75, 3.05) is 33.8 Å². The highest BCUT2D eigenvalue weighted by atomic mass is 35.5. The monoisotopic (exact) mass is 516 g/mol. The minimum absolute atomic E-state index is 0. The summed E-state index contributed by atoms with van der Waals surface area (Å²) in [5.41, 5.74) is 2.48. The van der Waals surface area contributed by atoms with Crippen LogP contribution < -0.4 is 20.9 Å². The zero-order valence-corrected chi connectivity index (χ0v) is 21.8. The van der Waals surface area contributed by atoms with E-state index < -0.39 is 0 Å². The number of nitrogens with one attached hydrogen (secondary N) is 2. The van der Waals surface area contributed by atoms with Gasteiger partial charge in [-0.2, -0.15) is 0 Å². The van der Waals surface area contributed by atoms with Gasteiger partial charge < -0.3 is 24.8 Å². The van der Waals surface area contributed by atoms with E-state index in [2.05, 4.69) is 15.5 Å². The Labute approximate surface area is 217 Å². The molecule has 1 aliphatic rings. The molecule has 194 valence electrons. The van der Waals surface area contributed by atoms with Crippen LogP contribution in [0, 0.1) is 12.7 Å². The molecule has 1 aromatic heterocycles. The SMILES string of the molecule is CNC(=O)c1cc(=O)n(CCN2CCC(NCc3ccc(C)c(F)c3)CC2)c2cc(OC)ccc12.Cl. The topological polar surface area (TPSA) is 75.6 Å². The number of hydrogen-bond acceptors (Lipinski definition) is 5. The fourth-order valence-electron chi connectivity index (χ4n) is 4.65.